The molecule has 2 aliphatic heterocycles. The number of ether oxygens (including phenoxy) is 1. The van der Waals surface area contributed by atoms with Crippen LogP contribution >= 0.6 is 15.9 Å². The number of halogens is 1. The number of nitrogens with zero attached hydrogens (tertiary/aromatic N) is 1. The quantitative estimate of drug-likeness (QED) is 0.822. The molecule has 1 unspecified atom stereocenters. The number of hydrazine groups is 1. The summed E-state index contributed by atoms with van der Waals surface area (Å²) in [4.78, 5) is 12.4. The first-order valence-electron chi connectivity index (χ1n) is 7.06. The molecule has 22 heavy (non-hydrogen) atoms. The lowest BCUT2D eigenvalue weighted by atomic mass is 9.94. The van der Waals surface area contributed by atoms with Crippen LogP contribution in [-0.4, -0.2) is 12.6 Å². The van der Waals surface area contributed by atoms with Gasteiger partial charge in [0, 0.05) is 16.5 Å². The summed E-state index contributed by atoms with van der Waals surface area (Å²) in [6, 6.07) is 15.2. The van der Waals surface area contributed by atoms with Crippen molar-refractivity contribution >= 4 is 27.6 Å². The number of fused-ring (bicyclic) bond motifs is 2. The fraction of sp³-hybridized carbons (Fsp3) is 0.188. The SMILES string of the molecule is O=C1NC2(CCOc3ccccc32)NN1c1ccc(Br)cc1. The predicted octanol–water partition coefficient (Wildman–Crippen LogP) is 3.12. The van der Waals surface area contributed by atoms with Crippen LogP contribution in [0, 0.1) is 0 Å². The molecule has 5 nitrogen and oxygen atoms in total. The molecule has 4 rings (SSSR count). The summed E-state index contributed by atoms with van der Waals surface area (Å²) in [5.74, 6) is 0.805. The Bertz CT molecular complexity index is 734. The molecule has 2 N–H and O–H groups in total. The van der Waals surface area contributed by atoms with E-state index < -0.39 is 5.66 Å². The van der Waals surface area contributed by atoms with Crippen LogP contribution in [-0.2, 0) is 5.66 Å². The zero-order valence-corrected chi connectivity index (χ0v) is 13.3. The van der Waals surface area contributed by atoms with Crippen molar-refractivity contribution in [1.82, 2.24) is 10.7 Å². The lowest BCUT2D eigenvalue weighted by Gasteiger charge is -2.35. The molecule has 6 heteroatoms. The number of hydrogen-bond donors (Lipinski definition) is 2. The topological polar surface area (TPSA) is 53.6 Å². The third-order valence-corrected chi connectivity index (χ3v) is 4.52. The number of carbonyl (C=O) groups excluding carboxylic acids is 1. The highest BCUT2D eigenvalue weighted by Gasteiger charge is 2.47. The first kappa shape index (κ1) is 13.6. The van der Waals surface area contributed by atoms with E-state index in [1.807, 2.05) is 48.5 Å². The number of carbonyl (C=O) groups is 1. The molecule has 0 aromatic heterocycles. The fourth-order valence-corrected chi connectivity index (χ4v) is 3.18. The average Bonchev–Trinajstić information content (AvgIpc) is 2.86. The maximum atomic E-state index is 12.4. The molecule has 0 bridgehead atoms. The predicted molar refractivity (Wildman–Crippen MR) is 86.5 cm³/mol. The Morgan fingerprint density at radius 3 is 2.73 bits per heavy atom. The standard InChI is InChI=1S/C16H14BrN3O2/c17-11-5-7-12(8-6-11)20-15(21)18-16(19-20)9-10-22-14-4-2-1-3-13(14)16/h1-8,19H,9-10H2,(H,18,21). The molecule has 2 aromatic rings. The van der Waals surface area contributed by atoms with Gasteiger partial charge in [0.1, 0.15) is 11.4 Å². The van der Waals surface area contributed by atoms with Gasteiger partial charge < -0.3 is 10.1 Å². The van der Waals surface area contributed by atoms with Crippen LogP contribution in [0.2, 0.25) is 0 Å². The van der Waals surface area contributed by atoms with Crippen LogP contribution in [0.3, 0.4) is 0 Å². The monoisotopic (exact) mass is 359 g/mol. The maximum absolute atomic E-state index is 12.4. The van der Waals surface area contributed by atoms with Gasteiger partial charge in [0.05, 0.1) is 12.3 Å². The summed E-state index contributed by atoms with van der Waals surface area (Å²) in [5.41, 5.74) is 4.46. The molecule has 0 saturated carbocycles. The number of urea groups is 1. The summed E-state index contributed by atoms with van der Waals surface area (Å²) in [6.07, 6.45) is 0.669. The van der Waals surface area contributed by atoms with Crippen molar-refractivity contribution in [2.24, 2.45) is 0 Å². The molecule has 0 radical (unpaired) electrons. The number of benzene rings is 2. The smallest absolute Gasteiger partial charge is 0.338 e. The highest BCUT2D eigenvalue weighted by Crippen LogP contribution is 2.38. The summed E-state index contributed by atoms with van der Waals surface area (Å²) in [7, 11) is 0. The molecular formula is C16H14BrN3O2. The van der Waals surface area contributed by atoms with Gasteiger partial charge >= 0.3 is 6.03 Å². The van der Waals surface area contributed by atoms with Gasteiger partial charge in [0.2, 0.25) is 0 Å². The van der Waals surface area contributed by atoms with Gasteiger partial charge in [-0.25, -0.2) is 9.80 Å². The van der Waals surface area contributed by atoms with Crippen molar-refractivity contribution in [2.45, 2.75) is 12.1 Å². The zero-order chi connectivity index (χ0) is 15.2. The minimum Gasteiger partial charge on any atom is -0.493 e. The second kappa shape index (κ2) is 5.00. The number of anilines is 1. The Hall–Kier alpha value is -2.05. The van der Waals surface area contributed by atoms with Crippen LogP contribution < -0.4 is 20.5 Å². The first-order chi connectivity index (χ1) is 10.7. The van der Waals surface area contributed by atoms with Crippen molar-refractivity contribution in [1.29, 1.82) is 0 Å². The largest absolute Gasteiger partial charge is 0.493 e. The van der Waals surface area contributed by atoms with Gasteiger partial charge in [0.25, 0.3) is 0 Å². The van der Waals surface area contributed by atoms with Crippen LogP contribution in [0.1, 0.15) is 12.0 Å². The molecule has 2 heterocycles. The van der Waals surface area contributed by atoms with Crippen LogP contribution in [0.25, 0.3) is 0 Å². The average molecular weight is 360 g/mol. The molecule has 1 atom stereocenters. The van der Waals surface area contributed by atoms with Crippen molar-refractivity contribution in [2.75, 3.05) is 11.6 Å². The lowest BCUT2D eigenvalue weighted by Crippen LogP contribution is -2.51. The van der Waals surface area contributed by atoms with Gasteiger partial charge in [-0.2, -0.15) is 5.43 Å². The number of hydrogen-bond acceptors (Lipinski definition) is 3. The van der Waals surface area contributed by atoms with Crippen molar-refractivity contribution in [3.8, 4) is 5.75 Å². The van der Waals surface area contributed by atoms with E-state index in [0.717, 1.165) is 21.5 Å². The zero-order valence-electron chi connectivity index (χ0n) is 11.7. The minimum absolute atomic E-state index is 0.168. The molecule has 0 aliphatic carbocycles. The van der Waals surface area contributed by atoms with Gasteiger partial charge in [0.15, 0.2) is 0 Å². The Morgan fingerprint density at radius 2 is 1.91 bits per heavy atom. The van der Waals surface area contributed by atoms with E-state index in [-0.39, 0.29) is 6.03 Å². The number of amides is 2. The molecule has 1 fully saturated rings. The molecule has 2 aliphatic rings. The Morgan fingerprint density at radius 1 is 1.14 bits per heavy atom. The molecule has 1 spiro atoms. The maximum Gasteiger partial charge on any atom is 0.338 e. The molecule has 112 valence electrons. The van der Waals surface area contributed by atoms with E-state index in [1.54, 1.807) is 5.01 Å². The molecular weight excluding hydrogens is 346 g/mol. The highest BCUT2D eigenvalue weighted by molar-refractivity contribution is 9.10. The first-order valence-corrected chi connectivity index (χ1v) is 7.85. The van der Waals surface area contributed by atoms with E-state index in [9.17, 15) is 4.79 Å². The van der Waals surface area contributed by atoms with Gasteiger partial charge in [-0.1, -0.05) is 34.1 Å². The van der Waals surface area contributed by atoms with Crippen LogP contribution in [0.4, 0.5) is 10.5 Å². The minimum atomic E-state index is -0.612. The van der Waals surface area contributed by atoms with E-state index in [1.165, 1.54) is 0 Å². The van der Waals surface area contributed by atoms with Crippen molar-refractivity contribution < 1.29 is 9.53 Å². The number of nitrogens with one attached hydrogen (secondary N) is 2. The second-order valence-electron chi connectivity index (χ2n) is 5.35. The molecule has 1 saturated heterocycles. The van der Waals surface area contributed by atoms with Crippen LogP contribution in [0.5, 0.6) is 5.75 Å². The number of para-hydroxylation sites is 1. The van der Waals surface area contributed by atoms with Crippen molar-refractivity contribution in [3.63, 3.8) is 0 Å². The Kier molecular flexibility index (Phi) is 3.09. The fourth-order valence-electron chi connectivity index (χ4n) is 2.92. The Labute approximate surface area is 136 Å². The van der Waals surface area contributed by atoms with Gasteiger partial charge in [-0.15, -0.1) is 0 Å². The van der Waals surface area contributed by atoms with Crippen molar-refractivity contribution in [3.05, 3.63) is 58.6 Å². The van der Waals surface area contributed by atoms with Crippen LogP contribution in [0.15, 0.2) is 53.0 Å². The summed E-state index contributed by atoms with van der Waals surface area (Å²) < 4.78 is 6.66. The summed E-state index contributed by atoms with van der Waals surface area (Å²) in [6.45, 7) is 0.554. The summed E-state index contributed by atoms with van der Waals surface area (Å²) >= 11 is 3.40. The highest BCUT2D eigenvalue weighted by atomic mass is 79.9. The van der Waals surface area contributed by atoms with E-state index >= 15 is 0 Å². The third-order valence-electron chi connectivity index (χ3n) is 3.99. The Balaban J connectivity index is 1.72. The van der Waals surface area contributed by atoms with Gasteiger partial charge in [-0.05, 0) is 30.3 Å². The van der Waals surface area contributed by atoms with Gasteiger partial charge in [-0.3, -0.25) is 0 Å². The third kappa shape index (κ3) is 2.07. The van der Waals surface area contributed by atoms with E-state index in [0.29, 0.717) is 13.0 Å². The van der Waals surface area contributed by atoms with E-state index in [4.69, 9.17) is 4.74 Å². The number of rotatable bonds is 1. The molecule has 2 aromatic carbocycles. The lowest BCUT2D eigenvalue weighted by molar-refractivity contribution is 0.182. The van der Waals surface area contributed by atoms with E-state index in [2.05, 4.69) is 26.7 Å². The summed E-state index contributed by atoms with van der Waals surface area (Å²) in [5, 5.41) is 4.62. The molecule has 2 amide bonds. The second-order valence-corrected chi connectivity index (χ2v) is 6.27. The normalized spacial score (nSPS) is 23.1.